The van der Waals surface area contributed by atoms with Gasteiger partial charge in [0.1, 0.15) is 30.5 Å². The van der Waals surface area contributed by atoms with Crippen LogP contribution in [0.25, 0.3) is 10.4 Å². The standard InChI is InChI=1S/C22H29N3O8/c1-11-17(27)12(2)30-22(18(11)28-9-14-7-5-4-6-8-14)33-19-15-10-29-21(32-15)16(24-25-23)20(19)31-13(3)26/h4-8,11-12,15-22,27H,9-10H2,1-3H3/t11-,12?,15+,16-,17-,18?,19+,20?,21?,22-/m0/s1. The number of aliphatic hydroxyl groups excluding tert-OH is 1. The van der Waals surface area contributed by atoms with Crippen LogP contribution in [-0.4, -0.2) is 72.9 Å². The molecular weight excluding hydrogens is 434 g/mol. The number of hydrogen-bond acceptors (Lipinski definition) is 9. The van der Waals surface area contributed by atoms with Crippen molar-refractivity contribution in [2.75, 3.05) is 6.61 Å². The molecule has 0 spiro atoms. The molecule has 180 valence electrons. The summed E-state index contributed by atoms with van der Waals surface area (Å²) < 4.78 is 35.4. The first-order chi connectivity index (χ1) is 15.9. The molecule has 3 heterocycles. The van der Waals surface area contributed by atoms with Crippen LogP contribution >= 0.6 is 0 Å². The van der Waals surface area contributed by atoms with Crippen molar-refractivity contribution in [1.82, 2.24) is 0 Å². The molecule has 1 aromatic carbocycles. The maximum absolute atomic E-state index is 11.8. The highest BCUT2D eigenvalue weighted by Gasteiger charge is 2.55. The van der Waals surface area contributed by atoms with Gasteiger partial charge in [-0.05, 0) is 18.0 Å². The molecule has 0 aliphatic carbocycles. The van der Waals surface area contributed by atoms with Gasteiger partial charge in [0, 0.05) is 17.8 Å². The summed E-state index contributed by atoms with van der Waals surface area (Å²) in [5.41, 5.74) is 9.98. The summed E-state index contributed by atoms with van der Waals surface area (Å²) in [6, 6.07) is 8.71. The van der Waals surface area contributed by atoms with Crippen molar-refractivity contribution in [1.29, 1.82) is 0 Å². The van der Waals surface area contributed by atoms with Crippen LogP contribution in [0.5, 0.6) is 0 Å². The SMILES string of the molecule is CC(=O)OC1[C@H](N=[N+]=[N-])C2OC[C@@H](O2)[C@H]1O[C@@H]1OC(C)[C@@H](O)[C@H](C)C1OCc1ccccc1. The summed E-state index contributed by atoms with van der Waals surface area (Å²) in [5.74, 6) is -0.855. The molecule has 33 heavy (non-hydrogen) atoms. The van der Waals surface area contributed by atoms with Gasteiger partial charge < -0.3 is 33.5 Å². The van der Waals surface area contributed by atoms with E-state index in [1.165, 1.54) is 6.92 Å². The van der Waals surface area contributed by atoms with Crippen molar-refractivity contribution in [2.45, 2.75) is 82.6 Å². The zero-order valence-electron chi connectivity index (χ0n) is 18.7. The molecule has 3 saturated heterocycles. The van der Waals surface area contributed by atoms with Gasteiger partial charge in [-0.1, -0.05) is 42.4 Å². The number of esters is 1. The van der Waals surface area contributed by atoms with Gasteiger partial charge in [0.05, 0.1) is 25.4 Å². The van der Waals surface area contributed by atoms with Crippen molar-refractivity contribution in [2.24, 2.45) is 11.0 Å². The number of benzene rings is 1. The highest BCUT2D eigenvalue weighted by atomic mass is 16.8. The second kappa shape index (κ2) is 10.4. The number of fused-ring (bicyclic) bond motifs is 2. The molecule has 1 N–H and O–H groups in total. The van der Waals surface area contributed by atoms with Crippen LogP contribution in [0.2, 0.25) is 0 Å². The zero-order valence-corrected chi connectivity index (χ0v) is 18.7. The molecule has 11 nitrogen and oxygen atoms in total. The number of hydrogen-bond donors (Lipinski definition) is 1. The molecule has 0 saturated carbocycles. The lowest BCUT2D eigenvalue weighted by Crippen LogP contribution is -2.60. The van der Waals surface area contributed by atoms with E-state index in [1.54, 1.807) is 6.92 Å². The van der Waals surface area contributed by atoms with Gasteiger partial charge in [-0.15, -0.1) is 0 Å². The number of aliphatic hydroxyl groups is 1. The molecule has 3 aliphatic heterocycles. The quantitative estimate of drug-likeness (QED) is 0.280. The van der Waals surface area contributed by atoms with E-state index in [1.807, 2.05) is 37.3 Å². The second-order valence-electron chi connectivity index (χ2n) is 8.57. The van der Waals surface area contributed by atoms with E-state index in [0.717, 1.165) is 5.56 Å². The maximum atomic E-state index is 11.8. The molecule has 3 aliphatic rings. The first-order valence-electron chi connectivity index (χ1n) is 11.0. The van der Waals surface area contributed by atoms with Crippen LogP contribution < -0.4 is 0 Å². The van der Waals surface area contributed by atoms with Gasteiger partial charge in [0.25, 0.3) is 0 Å². The molecule has 0 amide bonds. The number of nitrogens with zero attached hydrogens (tertiary/aromatic N) is 3. The summed E-state index contributed by atoms with van der Waals surface area (Å²) in [7, 11) is 0. The van der Waals surface area contributed by atoms with Gasteiger partial charge in [-0.2, -0.15) is 0 Å². The van der Waals surface area contributed by atoms with E-state index in [-0.39, 0.29) is 12.5 Å². The van der Waals surface area contributed by atoms with Gasteiger partial charge in [-0.25, -0.2) is 0 Å². The van der Waals surface area contributed by atoms with E-state index in [2.05, 4.69) is 10.0 Å². The van der Waals surface area contributed by atoms with E-state index in [4.69, 9.17) is 34.0 Å². The van der Waals surface area contributed by atoms with Crippen molar-refractivity contribution in [3.8, 4) is 0 Å². The fourth-order valence-electron chi connectivity index (χ4n) is 4.53. The highest BCUT2D eigenvalue weighted by molar-refractivity contribution is 5.66. The summed E-state index contributed by atoms with van der Waals surface area (Å²) in [4.78, 5) is 14.7. The van der Waals surface area contributed by atoms with Crippen LogP contribution in [-0.2, 0) is 39.8 Å². The number of azide groups is 1. The van der Waals surface area contributed by atoms with Crippen LogP contribution in [0.1, 0.15) is 26.3 Å². The fourth-order valence-corrected chi connectivity index (χ4v) is 4.53. The third-order valence-electron chi connectivity index (χ3n) is 6.26. The van der Waals surface area contributed by atoms with Crippen LogP contribution in [0.3, 0.4) is 0 Å². The summed E-state index contributed by atoms with van der Waals surface area (Å²) in [5, 5.41) is 14.3. The van der Waals surface area contributed by atoms with Gasteiger partial charge in [0.2, 0.25) is 0 Å². The monoisotopic (exact) mass is 463 g/mol. The Morgan fingerprint density at radius 1 is 1.21 bits per heavy atom. The van der Waals surface area contributed by atoms with Crippen molar-refractivity contribution < 1.29 is 38.3 Å². The third-order valence-corrected chi connectivity index (χ3v) is 6.26. The van der Waals surface area contributed by atoms with Crippen molar-refractivity contribution >= 4 is 5.97 Å². The number of carbonyl (C=O) groups is 1. The van der Waals surface area contributed by atoms with Crippen LogP contribution in [0, 0.1) is 5.92 Å². The number of carbonyl (C=O) groups excluding carboxylic acids is 1. The molecule has 10 atom stereocenters. The highest BCUT2D eigenvalue weighted by Crippen LogP contribution is 2.37. The van der Waals surface area contributed by atoms with E-state index in [0.29, 0.717) is 6.61 Å². The average molecular weight is 463 g/mol. The normalized spacial score (nSPS) is 40.1. The smallest absolute Gasteiger partial charge is 0.303 e. The Morgan fingerprint density at radius 2 is 1.97 bits per heavy atom. The Bertz CT molecular complexity index is 866. The van der Waals surface area contributed by atoms with Gasteiger partial charge >= 0.3 is 5.97 Å². The molecular formula is C22H29N3O8. The Morgan fingerprint density at radius 3 is 2.67 bits per heavy atom. The molecule has 3 fully saturated rings. The first kappa shape index (κ1) is 23.9. The first-order valence-corrected chi connectivity index (χ1v) is 11.0. The van der Waals surface area contributed by atoms with Crippen LogP contribution in [0.4, 0.5) is 0 Å². The summed E-state index contributed by atoms with van der Waals surface area (Å²) in [6.45, 7) is 5.37. The van der Waals surface area contributed by atoms with Gasteiger partial charge in [0.15, 0.2) is 12.6 Å². The third kappa shape index (κ3) is 5.15. The van der Waals surface area contributed by atoms with E-state index in [9.17, 15) is 9.90 Å². The predicted molar refractivity (Wildman–Crippen MR) is 112 cm³/mol. The maximum Gasteiger partial charge on any atom is 0.303 e. The second-order valence-corrected chi connectivity index (χ2v) is 8.57. The minimum Gasteiger partial charge on any atom is -0.459 e. The zero-order chi connectivity index (χ0) is 23.5. The summed E-state index contributed by atoms with van der Waals surface area (Å²) >= 11 is 0. The van der Waals surface area contributed by atoms with E-state index >= 15 is 0 Å². The molecule has 4 rings (SSSR count). The average Bonchev–Trinajstić information content (AvgIpc) is 3.23. The van der Waals surface area contributed by atoms with Gasteiger partial charge in [-0.3, -0.25) is 4.79 Å². The van der Waals surface area contributed by atoms with E-state index < -0.39 is 61.2 Å². The molecule has 0 radical (unpaired) electrons. The Labute approximate surface area is 191 Å². The molecule has 4 unspecified atom stereocenters. The minimum atomic E-state index is -0.930. The minimum absolute atomic E-state index is 0.181. The number of rotatable bonds is 7. The largest absolute Gasteiger partial charge is 0.459 e. The molecule has 2 bridgehead atoms. The lowest BCUT2D eigenvalue weighted by molar-refractivity contribution is -0.325. The lowest BCUT2D eigenvalue weighted by Gasteiger charge is -2.46. The molecule has 0 aromatic heterocycles. The Balaban J connectivity index is 1.57. The van der Waals surface area contributed by atoms with Crippen molar-refractivity contribution in [3.05, 3.63) is 46.3 Å². The molecule has 1 aromatic rings. The lowest BCUT2D eigenvalue weighted by atomic mass is 9.90. The predicted octanol–water partition coefficient (Wildman–Crippen LogP) is 2.06. The molecule has 11 heteroatoms. The summed E-state index contributed by atoms with van der Waals surface area (Å²) in [6.07, 6.45) is -5.92. The Hall–Kier alpha value is -2.24. The van der Waals surface area contributed by atoms with Crippen molar-refractivity contribution in [3.63, 3.8) is 0 Å². The topological polar surface area (TPSA) is 141 Å². The fraction of sp³-hybridized carbons (Fsp3) is 0.682. The Kier molecular flexibility index (Phi) is 7.50. The number of ether oxygens (including phenoxy) is 6. The van der Waals surface area contributed by atoms with Crippen LogP contribution in [0.15, 0.2) is 35.4 Å².